The molecule has 0 bridgehead atoms. The van der Waals surface area contributed by atoms with Crippen molar-refractivity contribution in [1.82, 2.24) is 25.2 Å². The van der Waals surface area contributed by atoms with E-state index < -0.39 is 0 Å². The van der Waals surface area contributed by atoms with Gasteiger partial charge in [-0.3, -0.25) is 14.6 Å². The van der Waals surface area contributed by atoms with E-state index in [9.17, 15) is 9.59 Å². The van der Waals surface area contributed by atoms with Gasteiger partial charge in [0.15, 0.2) is 0 Å². The number of rotatable bonds is 7. The first-order valence-electron chi connectivity index (χ1n) is 14.4. The molecule has 0 saturated carbocycles. The van der Waals surface area contributed by atoms with Gasteiger partial charge in [-0.2, -0.15) is 0 Å². The van der Waals surface area contributed by atoms with Crippen molar-refractivity contribution in [2.45, 2.75) is 47.6 Å². The van der Waals surface area contributed by atoms with Crippen LogP contribution in [0.3, 0.4) is 0 Å². The SMILES string of the molecule is Cc1cc(-c2ccc(N3CCN(C)CC3)nc2)c2ccc(C(=O)NCc3c(CC(C)C)cc(C)[nH]c3=O)c(C)c2n1. The minimum atomic E-state index is -0.220. The van der Waals surface area contributed by atoms with Gasteiger partial charge in [0.25, 0.3) is 11.5 Å². The van der Waals surface area contributed by atoms with Crippen LogP contribution in [0, 0.1) is 26.7 Å². The van der Waals surface area contributed by atoms with Crippen molar-refractivity contribution in [3.8, 4) is 11.1 Å². The molecule has 4 heterocycles. The minimum Gasteiger partial charge on any atom is -0.354 e. The Morgan fingerprint density at radius 1 is 1.05 bits per heavy atom. The van der Waals surface area contributed by atoms with Crippen molar-refractivity contribution in [3.05, 3.63) is 86.6 Å². The molecule has 4 aromatic rings. The number of aromatic nitrogens is 3. The third-order valence-electron chi connectivity index (χ3n) is 7.91. The van der Waals surface area contributed by atoms with E-state index >= 15 is 0 Å². The fourth-order valence-corrected chi connectivity index (χ4v) is 5.67. The van der Waals surface area contributed by atoms with E-state index in [0.29, 0.717) is 17.0 Å². The smallest absolute Gasteiger partial charge is 0.253 e. The van der Waals surface area contributed by atoms with Crippen molar-refractivity contribution in [3.63, 3.8) is 0 Å². The van der Waals surface area contributed by atoms with E-state index in [4.69, 9.17) is 9.97 Å². The summed E-state index contributed by atoms with van der Waals surface area (Å²) < 4.78 is 0. The normalized spacial score (nSPS) is 14.2. The quantitative estimate of drug-likeness (QED) is 0.342. The highest BCUT2D eigenvalue weighted by atomic mass is 16.1. The van der Waals surface area contributed by atoms with E-state index in [0.717, 1.165) is 83.0 Å². The van der Waals surface area contributed by atoms with Crippen molar-refractivity contribution in [2.24, 2.45) is 5.92 Å². The highest BCUT2D eigenvalue weighted by molar-refractivity contribution is 6.04. The number of H-pyrrole nitrogens is 1. The third kappa shape index (κ3) is 6.17. The van der Waals surface area contributed by atoms with Crippen molar-refractivity contribution < 1.29 is 4.79 Å². The number of carbonyl (C=O) groups excluding carboxylic acids is 1. The highest BCUT2D eigenvalue weighted by Crippen LogP contribution is 2.32. The average Bonchev–Trinajstić information content (AvgIpc) is 2.93. The molecule has 8 nitrogen and oxygen atoms in total. The lowest BCUT2D eigenvalue weighted by Crippen LogP contribution is -2.44. The van der Waals surface area contributed by atoms with Gasteiger partial charge in [0, 0.05) is 72.4 Å². The topological polar surface area (TPSA) is 94.2 Å². The number of pyridine rings is 3. The van der Waals surface area contributed by atoms with E-state index in [1.165, 1.54) is 0 Å². The molecule has 0 aliphatic carbocycles. The number of carbonyl (C=O) groups is 1. The molecule has 1 aromatic carbocycles. The number of anilines is 1. The Labute approximate surface area is 241 Å². The molecule has 1 saturated heterocycles. The second kappa shape index (κ2) is 11.8. The average molecular weight is 553 g/mol. The summed E-state index contributed by atoms with van der Waals surface area (Å²) in [5.41, 5.74) is 7.37. The Morgan fingerprint density at radius 3 is 2.49 bits per heavy atom. The first-order chi connectivity index (χ1) is 19.6. The van der Waals surface area contributed by atoms with Gasteiger partial charge < -0.3 is 20.1 Å². The molecular formula is C33H40N6O2. The van der Waals surface area contributed by atoms with Gasteiger partial charge in [-0.05, 0) is 87.2 Å². The molecule has 5 rings (SSSR count). The van der Waals surface area contributed by atoms with E-state index in [1.54, 1.807) is 0 Å². The lowest BCUT2D eigenvalue weighted by atomic mass is 9.96. The van der Waals surface area contributed by atoms with Crippen molar-refractivity contribution in [2.75, 3.05) is 38.1 Å². The first kappa shape index (κ1) is 28.5. The number of amides is 1. The zero-order valence-electron chi connectivity index (χ0n) is 25.0. The molecule has 3 aromatic heterocycles. The monoisotopic (exact) mass is 552 g/mol. The van der Waals surface area contributed by atoms with Gasteiger partial charge in [-0.1, -0.05) is 19.9 Å². The number of nitrogens with zero attached hydrogens (tertiary/aromatic N) is 4. The summed E-state index contributed by atoms with van der Waals surface area (Å²) in [5, 5.41) is 3.97. The number of hydrogen-bond acceptors (Lipinski definition) is 6. The highest BCUT2D eigenvalue weighted by Gasteiger charge is 2.19. The second-order valence-corrected chi connectivity index (χ2v) is 11.7. The summed E-state index contributed by atoms with van der Waals surface area (Å²) in [4.78, 5) is 43.3. The van der Waals surface area contributed by atoms with E-state index in [2.05, 4.69) is 59.2 Å². The zero-order valence-corrected chi connectivity index (χ0v) is 25.0. The molecule has 214 valence electrons. The van der Waals surface area contributed by atoms with Gasteiger partial charge in [0.2, 0.25) is 0 Å². The number of aromatic amines is 1. The predicted molar refractivity (Wildman–Crippen MR) is 166 cm³/mol. The van der Waals surface area contributed by atoms with Gasteiger partial charge in [0.05, 0.1) is 5.52 Å². The van der Waals surface area contributed by atoms with Gasteiger partial charge in [0.1, 0.15) is 5.82 Å². The van der Waals surface area contributed by atoms with Crippen LogP contribution in [0.15, 0.2) is 47.4 Å². The molecule has 41 heavy (non-hydrogen) atoms. The molecule has 1 fully saturated rings. The lowest BCUT2D eigenvalue weighted by Gasteiger charge is -2.33. The lowest BCUT2D eigenvalue weighted by molar-refractivity contribution is 0.0950. The summed E-state index contributed by atoms with van der Waals surface area (Å²) in [6, 6.07) is 12.1. The maximum atomic E-state index is 13.4. The predicted octanol–water partition coefficient (Wildman–Crippen LogP) is 4.79. The molecule has 2 N–H and O–H groups in total. The Kier molecular flexibility index (Phi) is 8.22. The molecular weight excluding hydrogens is 512 g/mol. The zero-order chi connectivity index (χ0) is 29.3. The van der Waals surface area contributed by atoms with Crippen LogP contribution in [0.25, 0.3) is 22.0 Å². The Bertz CT molecular complexity index is 1630. The maximum Gasteiger partial charge on any atom is 0.253 e. The second-order valence-electron chi connectivity index (χ2n) is 11.7. The van der Waals surface area contributed by atoms with Crippen LogP contribution in [0.4, 0.5) is 5.82 Å². The third-order valence-corrected chi connectivity index (χ3v) is 7.91. The molecule has 1 amide bonds. The van der Waals surface area contributed by atoms with Crippen molar-refractivity contribution in [1.29, 1.82) is 0 Å². The Morgan fingerprint density at radius 2 is 1.80 bits per heavy atom. The van der Waals surface area contributed by atoms with Crippen LogP contribution < -0.4 is 15.8 Å². The molecule has 0 radical (unpaired) electrons. The summed E-state index contributed by atoms with van der Waals surface area (Å²) in [6.45, 7) is 14.2. The summed E-state index contributed by atoms with van der Waals surface area (Å²) in [5.74, 6) is 1.18. The van der Waals surface area contributed by atoms with Gasteiger partial charge in [-0.15, -0.1) is 0 Å². The van der Waals surface area contributed by atoms with Crippen LogP contribution in [0.5, 0.6) is 0 Å². The number of piperazine rings is 1. The van der Waals surface area contributed by atoms with E-state index in [-0.39, 0.29) is 18.0 Å². The Balaban J connectivity index is 1.41. The number of nitrogens with one attached hydrogen (secondary N) is 2. The number of likely N-dealkylation sites (N-methyl/N-ethyl adjacent to an activating group) is 1. The summed E-state index contributed by atoms with van der Waals surface area (Å²) in [6.07, 6.45) is 2.72. The summed E-state index contributed by atoms with van der Waals surface area (Å²) >= 11 is 0. The van der Waals surface area contributed by atoms with Crippen LogP contribution in [-0.2, 0) is 13.0 Å². The summed E-state index contributed by atoms with van der Waals surface area (Å²) in [7, 11) is 2.15. The number of benzene rings is 1. The van der Waals surface area contributed by atoms with Crippen LogP contribution in [0.2, 0.25) is 0 Å². The molecule has 0 atom stereocenters. The fraction of sp³-hybridized carbons (Fsp3) is 0.394. The maximum absolute atomic E-state index is 13.4. The molecule has 0 unspecified atom stereocenters. The van der Waals surface area contributed by atoms with Gasteiger partial charge in [-0.25, -0.2) is 4.98 Å². The molecule has 1 aliphatic heterocycles. The van der Waals surface area contributed by atoms with Crippen LogP contribution in [-0.4, -0.2) is 59.0 Å². The number of hydrogen-bond donors (Lipinski definition) is 2. The molecule has 0 spiro atoms. The fourth-order valence-electron chi connectivity index (χ4n) is 5.67. The van der Waals surface area contributed by atoms with Crippen molar-refractivity contribution >= 4 is 22.6 Å². The molecule has 1 aliphatic rings. The van der Waals surface area contributed by atoms with Gasteiger partial charge >= 0.3 is 0 Å². The first-order valence-corrected chi connectivity index (χ1v) is 14.4. The number of fused-ring (bicyclic) bond motifs is 1. The largest absolute Gasteiger partial charge is 0.354 e. The standard InChI is InChI=1S/C33H40N6O2/c1-20(2)15-25-16-21(3)37-33(41)29(25)19-35-32(40)26-8-9-27-28(17-22(4)36-31(27)23(26)5)24-7-10-30(34-18-24)39-13-11-38(6)12-14-39/h7-10,16-18,20H,11-15,19H2,1-6H3,(H,35,40)(H,37,41). The Hall–Kier alpha value is -4.04. The number of aryl methyl sites for hydroxylation is 3. The van der Waals surface area contributed by atoms with E-state index in [1.807, 2.05) is 45.2 Å². The molecule has 8 heteroatoms. The minimum absolute atomic E-state index is 0.148. The van der Waals surface area contributed by atoms with Crippen LogP contribution >= 0.6 is 0 Å². The van der Waals surface area contributed by atoms with Crippen LogP contribution in [0.1, 0.15) is 52.3 Å².